The van der Waals surface area contributed by atoms with E-state index in [1.807, 2.05) is 19.1 Å². The van der Waals surface area contributed by atoms with Gasteiger partial charge in [-0.25, -0.2) is 4.98 Å². The Bertz CT molecular complexity index is 452. The summed E-state index contributed by atoms with van der Waals surface area (Å²) in [6.07, 6.45) is 6.16. The van der Waals surface area contributed by atoms with Crippen LogP contribution in [0.5, 0.6) is 0 Å². The van der Waals surface area contributed by atoms with Crippen molar-refractivity contribution in [2.24, 2.45) is 0 Å². The van der Waals surface area contributed by atoms with Crippen molar-refractivity contribution >= 4 is 5.82 Å². The summed E-state index contributed by atoms with van der Waals surface area (Å²) in [6, 6.07) is 6.05. The van der Waals surface area contributed by atoms with Gasteiger partial charge in [0, 0.05) is 25.0 Å². The SMILES string of the molecule is Cc1cnc(N)c(Cc2ccncc2)c1. The molecule has 3 heteroatoms. The van der Waals surface area contributed by atoms with Gasteiger partial charge in [-0.3, -0.25) is 4.98 Å². The van der Waals surface area contributed by atoms with Crippen LogP contribution in [0.3, 0.4) is 0 Å². The molecule has 0 amide bonds. The van der Waals surface area contributed by atoms with Crippen molar-refractivity contribution in [1.29, 1.82) is 0 Å². The Hall–Kier alpha value is -1.90. The van der Waals surface area contributed by atoms with Gasteiger partial charge in [0.1, 0.15) is 5.82 Å². The molecule has 3 nitrogen and oxygen atoms in total. The summed E-state index contributed by atoms with van der Waals surface area (Å²) in [5.74, 6) is 0.609. The highest BCUT2D eigenvalue weighted by Gasteiger charge is 2.02. The molecule has 0 atom stereocenters. The fourth-order valence-electron chi connectivity index (χ4n) is 1.50. The maximum atomic E-state index is 5.81. The van der Waals surface area contributed by atoms with E-state index in [4.69, 9.17) is 5.73 Å². The number of anilines is 1. The first-order valence-electron chi connectivity index (χ1n) is 4.85. The van der Waals surface area contributed by atoms with Gasteiger partial charge in [0.2, 0.25) is 0 Å². The van der Waals surface area contributed by atoms with Crippen LogP contribution < -0.4 is 5.73 Å². The first-order chi connectivity index (χ1) is 7.25. The van der Waals surface area contributed by atoms with Crippen molar-refractivity contribution in [3.8, 4) is 0 Å². The molecule has 0 aromatic carbocycles. The van der Waals surface area contributed by atoms with E-state index in [2.05, 4.69) is 16.0 Å². The smallest absolute Gasteiger partial charge is 0.126 e. The fourth-order valence-corrected chi connectivity index (χ4v) is 1.50. The minimum Gasteiger partial charge on any atom is -0.383 e. The number of hydrogen-bond acceptors (Lipinski definition) is 3. The molecule has 0 bridgehead atoms. The van der Waals surface area contributed by atoms with Gasteiger partial charge >= 0.3 is 0 Å². The zero-order valence-electron chi connectivity index (χ0n) is 8.64. The standard InChI is InChI=1S/C12H13N3/c1-9-6-11(12(13)15-8-9)7-10-2-4-14-5-3-10/h2-6,8H,7H2,1H3,(H2,13,15). The van der Waals surface area contributed by atoms with Crippen LogP contribution in [0.2, 0.25) is 0 Å². The van der Waals surface area contributed by atoms with Crippen molar-refractivity contribution in [3.63, 3.8) is 0 Å². The molecule has 0 unspecified atom stereocenters. The van der Waals surface area contributed by atoms with E-state index in [9.17, 15) is 0 Å². The number of nitrogen functional groups attached to an aromatic ring is 1. The van der Waals surface area contributed by atoms with E-state index in [1.165, 1.54) is 5.56 Å². The molecule has 0 saturated carbocycles. The van der Waals surface area contributed by atoms with Crippen molar-refractivity contribution in [3.05, 3.63) is 53.5 Å². The van der Waals surface area contributed by atoms with Crippen LogP contribution in [0.1, 0.15) is 16.7 Å². The van der Waals surface area contributed by atoms with Gasteiger partial charge < -0.3 is 5.73 Å². The largest absolute Gasteiger partial charge is 0.383 e. The molecule has 0 spiro atoms. The molecule has 2 rings (SSSR count). The van der Waals surface area contributed by atoms with Crippen molar-refractivity contribution in [2.45, 2.75) is 13.3 Å². The van der Waals surface area contributed by atoms with E-state index >= 15 is 0 Å². The lowest BCUT2D eigenvalue weighted by molar-refractivity contribution is 1.12. The van der Waals surface area contributed by atoms with E-state index < -0.39 is 0 Å². The Morgan fingerprint density at radius 2 is 2.00 bits per heavy atom. The Morgan fingerprint density at radius 3 is 2.73 bits per heavy atom. The number of rotatable bonds is 2. The van der Waals surface area contributed by atoms with E-state index in [0.29, 0.717) is 5.82 Å². The summed E-state index contributed by atoms with van der Waals surface area (Å²) < 4.78 is 0. The molecule has 0 radical (unpaired) electrons. The van der Waals surface area contributed by atoms with Crippen molar-refractivity contribution < 1.29 is 0 Å². The third-order valence-corrected chi connectivity index (χ3v) is 2.28. The average Bonchev–Trinajstić information content (AvgIpc) is 2.25. The van der Waals surface area contributed by atoms with Crippen LogP contribution >= 0.6 is 0 Å². The molecule has 0 saturated heterocycles. The molecule has 2 aromatic rings. The van der Waals surface area contributed by atoms with Gasteiger partial charge in [-0.05, 0) is 35.7 Å². The highest BCUT2D eigenvalue weighted by Crippen LogP contribution is 2.14. The van der Waals surface area contributed by atoms with Gasteiger partial charge in [-0.2, -0.15) is 0 Å². The second-order valence-electron chi connectivity index (χ2n) is 3.59. The average molecular weight is 199 g/mol. The number of nitrogens with zero attached hydrogens (tertiary/aromatic N) is 2. The van der Waals surface area contributed by atoms with Crippen LogP contribution in [-0.4, -0.2) is 9.97 Å². The predicted molar refractivity (Wildman–Crippen MR) is 60.4 cm³/mol. The van der Waals surface area contributed by atoms with Crippen LogP contribution in [0.25, 0.3) is 0 Å². The Kier molecular flexibility index (Phi) is 2.63. The van der Waals surface area contributed by atoms with E-state index in [0.717, 1.165) is 17.5 Å². The Balaban J connectivity index is 2.28. The third kappa shape index (κ3) is 2.31. The molecule has 76 valence electrons. The predicted octanol–water partition coefficient (Wildman–Crippen LogP) is 1.96. The molecular weight excluding hydrogens is 186 g/mol. The molecule has 0 aliphatic heterocycles. The second kappa shape index (κ2) is 4.09. The van der Waals surface area contributed by atoms with Gasteiger partial charge in [0.05, 0.1) is 0 Å². The summed E-state index contributed by atoms with van der Waals surface area (Å²) in [5.41, 5.74) is 9.21. The monoisotopic (exact) mass is 199 g/mol. The third-order valence-electron chi connectivity index (χ3n) is 2.28. The fraction of sp³-hybridized carbons (Fsp3) is 0.167. The number of hydrogen-bond donors (Lipinski definition) is 1. The molecule has 0 aliphatic rings. The summed E-state index contributed by atoms with van der Waals surface area (Å²) >= 11 is 0. The second-order valence-corrected chi connectivity index (χ2v) is 3.59. The minimum atomic E-state index is 0.609. The molecule has 15 heavy (non-hydrogen) atoms. The quantitative estimate of drug-likeness (QED) is 0.804. The molecule has 2 heterocycles. The summed E-state index contributed by atoms with van der Waals surface area (Å²) in [6.45, 7) is 2.02. The zero-order chi connectivity index (χ0) is 10.7. The Morgan fingerprint density at radius 1 is 1.27 bits per heavy atom. The van der Waals surface area contributed by atoms with Gasteiger partial charge in [0.15, 0.2) is 0 Å². The van der Waals surface area contributed by atoms with Crippen LogP contribution in [0, 0.1) is 6.92 Å². The van der Waals surface area contributed by atoms with Gasteiger partial charge in [0.25, 0.3) is 0 Å². The van der Waals surface area contributed by atoms with Crippen LogP contribution in [-0.2, 0) is 6.42 Å². The van der Waals surface area contributed by atoms with Crippen molar-refractivity contribution in [1.82, 2.24) is 9.97 Å². The number of nitrogens with two attached hydrogens (primary N) is 1. The first kappa shape index (κ1) is 9.65. The van der Waals surface area contributed by atoms with Gasteiger partial charge in [-0.15, -0.1) is 0 Å². The number of aromatic nitrogens is 2. The van der Waals surface area contributed by atoms with E-state index in [1.54, 1.807) is 18.6 Å². The summed E-state index contributed by atoms with van der Waals surface area (Å²) in [7, 11) is 0. The first-order valence-corrected chi connectivity index (χ1v) is 4.85. The van der Waals surface area contributed by atoms with E-state index in [-0.39, 0.29) is 0 Å². The molecule has 0 fully saturated rings. The molecular formula is C12H13N3. The minimum absolute atomic E-state index is 0.609. The lowest BCUT2D eigenvalue weighted by Crippen LogP contribution is -1.99. The van der Waals surface area contributed by atoms with Gasteiger partial charge in [-0.1, -0.05) is 6.07 Å². The Labute approximate surface area is 89.0 Å². The van der Waals surface area contributed by atoms with Crippen LogP contribution in [0.15, 0.2) is 36.8 Å². The molecule has 2 aromatic heterocycles. The summed E-state index contributed by atoms with van der Waals surface area (Å²) in [5, 5.41) is 0. The lowest BCUT2D eigenvalue weighted by atomic mass is 10.1. The molecule has 0 aliphatic carbocycles. The normalized spacial score (nSPS) is 10.2. The maximum Gasteiger partial charge on any atom is 0.126 e. The lowest BCUT2D eigenvalue weighted by Gasteiger charge is -2.05. The highest BCUT2D eigenvalue weighted by atomic mass is 14.8. The topological polar surface area (TPSA) is 51.8 Å². The molecule has 2 N–H and O–H groups in total. The van der Waals surface area contributed by atoms with Crippen LogP contribution in [0.4, 0.5) is 5.82 Å². The zero-order valence-corrected chi connectivity index (χ0v) is 8.64. The number of aryl methyl sites for hydroxylation is 1. The number of pyridine rings is 2. The van der Waals surface area contributed by atoms with Crippen molar-refractivity contribution in [2.75, 3.05) is 5.73 Å². The summed E-state index contributed by atoms with van der Waals surface area (Å²) in [4.78, 5) is 8.12. The highest BCUT2D eigenvalue weighted by molar-refractivity contribution is 5.43. The maximum absolute atomic E-state index is 5.81.